The number of carbonyl (C=O) groups is 1. The first-order chi connectivity index (χ1) is 4.66. The van der Waals surface area contributed by atoms with Crippen LogP contribution < -0.4 is 5.32 Å². The molecule has 3 heteroatoms. The van der Waals surface area contributed by atoms with Crippen molar-refractivity contribution in [2.45, 2.75) is 32.8 Å². The van der Waals surface area contributed by atoms with Crippen molar-refractivity contribution in [3.63, 3.8) is 0 Å². The highest BCUT2D eigenvalue weighted by atomic mass is 16.3. The molecule has 3 nitrogen and oxygen atoms in total. The first kappa shape index (κ1) is 9.43. The Bertz CT molecular complexity index is 102. The lowest BCUT2D eigenvalue weighted by Gasteiger charge is -2.05. The Morgan fingerprint density at radius 2 is 2.30 bits per heavy atom. The van der Waals surface area contributed by atoms with Gasteiger partial charge in [-0.25, -0.2) is 0 Å². The average molecular weight is 145 g/mol. The number of nitrogens with one attached hydrogen (secondary N) is 1. The minimum absolute atomic E-state index is 0.0170. The molecule has 0 saturated carbocycles. The van der Waals surface area contributed by atoms with E-state index in [2.05, 4.69) is 5.32 Å². The number of carbonyl (C=O) groups excluding carboxylic acids is 1. The minimum Gasteiger partial charge on any atom is -0.392 e. The fourth-order valence-electron chi connectivity index (χ4n) is 0.577. The Morgan fingerprint density at radius 1 is 1.70 bits per heavy atom. The Labute approximate surface area is 61.4 Å². The van der Waals surface area contributed by atoms with Crippen LogP contribution in [0.1, 0.15) is 26.7 Å². The third kappa shape index (κ3) is 5.56. The van der Waals surface area contributed by atoms with Crippen LogP contribution >= 0.6 is 0 Å². The zero-order valence-corrected chi connectivity index (χ0v) is 6.55. The van der Waals surface area contributed by atoms with Gasteiger partial charge in [-0.2, -0.15) is 0 Å². The van der Waals surface area contributed by atoms with E-state index >= 15 is 0 Å². The van der Waals surface area contributed by atoms with Crippen LogP contribution in [-0.4, -0.2) is 23.7 Å². The van der Waals surface area contributed by atoms with E-state index in [1.807, 2.05) is 6.92 Å². The maximum atomic E-state index is 10.7. The lowest BCUT2D eigenvalue weighted by atomic mass is 10.3. The molecule has 0 aromatic heterocycles. The summed E-state index contributed by atoms with van der Waals surface area (Å²) in [6.45, 7) is 3.95. The molecule has 0 saturated heterocycles. The molecule has 0 aliphatic heterocycles. The fraction of sp³-hybridized carbons (Fsp3) is 0.857. The van der Waals surface area contributed by atoms with Crippen LogP contribution in [0.25, 0.3) is 0 Å². The molecular formula is C7H15NO2. The topological polar surface area (TPSA) is 49.3 Å². The van der Waals surface area contributed by atoms with Gasteiger partial charge in [0.15, 0.2) is 0 Å². The highest BCUT2D eigenvalue weighted by molar-refractivity contribution is 5.75. The van der Waals surface area contributed by atoms with Crippen molar-refractivity contribution >= 4 is 5.91 Å². The maximum absolute atomic E-state index is 10.7. The molecule has 0 unspecified atom stereocenters. The van der Waals surface area contributed by atoms with Crippen molar-refractivity contribution in [1.29, 1.82) is 0 Å². The Balaban J connectivity index is 3.22. The lowest BCUT2D eigenvalue weighted by Crippen LogP contribution is -2.30. The van der Waals surface area contributed by atoms with Gasteiger partial charge in [-0.05, 0) is 13.3 Å². The second kappa shape index (κ2) is 5.23. The molecule has 0 heterocycles. The second-order valence-corrected chi connectivity index (χ2v) is 2.40. The van der Waals surface area contributed by atoms with Gasteiger partial charge in [0.05, 0.1) is 6.10 Å². The molecule has 0 rings (SSSR count). The maximum Gasteiger partial charge on any atom is 0.220 e. The molecular weight excluding hydrogens is 130 g/mol. The molecule has 60 valence electrons. The molecule has 10 heavy (non-hydrogen) atoms. The number of aliphatic hydroxyl groups excluding tert-OH is 1. The number of hydrogen-bond donors (Lipinski definition) is 2. The first-order valence-electron chi connectivity index (χ1n) is 3.61. The Morgan fingerprint density at radius 3 is 2.70 bits per heavy atom. The van der Waals surface area contributed by atoms with Crippen molar-refractivity contribution in [3.05, 3.63) is 0 Å². The fourth-order valence-corrected chi connectivity index (χ4v) is 0.577. The van der Waals surface area contributed by atoms with Gasteiger partial charge in [0.25, 0.3) is 0 Å². The van der Waals surface area contributed by atoms with Crippen LogP contribution in [0.3, 0.4) is 0 Å². The van der Waals surface area contributed by atoms with Crippen LogP contribution in [0, 0.1) is 0 Å². The summed E-state index contributed by atoms with van der Waals surface area (Å²) < 4.78 is 0. The Hall–Kier alpha value is -0.570. The molecule has 0 bridgehead atoms. The van der Waals surface area contributed by atoms with Crippen molar-refractivity contribution in [2.24, 2.45) is 0 Å². The Kier molecular flexibility index (Phi) is 4.94. The summed E-state index contributed by atoms with van der Waals surface area (Å²) in [7, 11) is 0. The van der Waals surface area contributed by atoms with Gasteiger partial charge < -0.3 is 10.4 Å². The van der Waals surface area contributed by atoms with Gasteiger partial charge in [0.2, 0.25) is 5.91 Å². The molecule has 2 N–H and O–H groups in total. The molecule has 0 aliphatic rings. The van der Waals surface area contributed by atoms with E-state index in [4.69, 9.17) is 5.11 Å². The third-order valence-electron chi connectivity index (χ3n) is 1.07. The van der Waals surface area contributed by atoms with Crippen molar-refractivity contribution in [3.8, 4) is 0 Å². The number of aliphatic hydroxyl groups is 1. The highest BCUT2D eigenvalue weighted by Crippen LogP contribution is 1.85. The van der Waals surface area contributed by atoms with E-state index in [1.165, 1.54) is 0 Å². The largest absolute Gasteiger partial charge is 0.392 e. The first-order valence-corrected chi connectivity index (χ1v) is 3.61. The summed E-state index contributed by atoms with van der Waals surface area (Å²) in [4.78, 5) is 10.7. The summed E-state index contributed by atoms with van der Waals surface area (Å²) in [5.74, 6) is 0.0170. The molecule has 0 fully saturated rings. The average Bonchev–Trinajstić information content (AvgIpc) is 1.85. The van der Waals surface area contributed by atoms with Gasteiger partial charge in [-0.1, -0.05) is 6.92 Å². The van der Waals surface area contributed by atoms with E-state index in [9.17, 15) is 4.79 Å². The van der Waals surface area contributed by atoms with Crippen LogP contribution in [0.2, 0.25) is 0 Å². The summed E-state index contributed by atoms with van der Waals surface area (Å²) >= 11 is 0. The zero-order chi connectivity index (χ0) is 7.98. The van der Waals surface area contributed by atoms with E-state index < -0.39 is 6.10 Å². The molecule has 0 aromatic carbocycles. The van der Waals surface area contributed by atoms with Crippen molar-refractivity contribution in [2.75, 3.05) is 6.54 Å². The summed E-state index contributed by atoms with van der Waals surface area (Å²) in [6, 6.07) is 0. The minimum atomic E-state index is -0.444. The molecule has 0 aromatic rings. The highest BCUT2D eigenvalue weighted by Gasteiger charge is 1.99. The molecule has 1 amide bonds. The van der Waals surface area contributed by atoms with Gasteiger partial charge in [0, 0.05) is 13.0 Å². The SMILES string of the molecule is CCCC(=O)NC[C@H](C)O. The summed E-state index contributed by atoms with van der Waals surface area (Å²) in [5, 5.41) is 11.3. The van der Waals surface area contributed by atoms with E-state index in [0.29, 0.717) is 13.0 Å². The van der Waals surface area contributed by atoms with Crippen LogP contribution in [0.4, 0.5) is 0 Å². The molecule has 1 atom stereocenters. The van der Waals surface area contributed by atoms with Crippen LogP contribution in [0.15, 0.2) is 0 Å². The monoisotopic (exact) mass is 145 g/mol. The standard InChI is InChI=1S/C7H15NO2/c1-3-4-7(10)8-5-6(2)9/h6,9H,3-5H2,1-2H3,(H,8,10)/t6-/m0/s1. The van der Waals surface area contributed by atoms with Crippen molar-refractivity contribution in [1.82, 2.24) is 5.32 Å². The van der Waals surface area contributed by atoms with Crippen LogP contribution in [-0.2, 0) is 4.79 Å². The van der Waals surface area contributed by atoms with E-state index in [0.717, 1.165) is 6.42 Å². The van der Waals surface area contributed by atoms with E-state index in [-0.39, 0.29) is 5.91 Å². The number of rotatable bonds is 4. The summed E-state index contributed by atoms with van der Waals surface area (Å²) in [5.41, 5.74) is 0. The quantitative estimate of drug-likeness (QED) is 0.597. The third-order valence-corrected chi connectivity index (χ3v) is 1.07. The van der Waals surface area contributed by atoms with Gasteiger partial charge in [-0.15, -0.1) is 0 Å². The number of amides is 1. The number of hydrogen-bond acceptors (Lipinski definition) is 2. The van der Waals surface area contributed by atoms with Crippen LogP contribution in [0.5, 0.6) is 0 Å². The predicted octanol–water partition coefficient (Wildman–Crippen LogP) is 0.283. The van der Waals surface area contributed by atoms with Gasteiger partial charge in [-0.3, -0.25) is 4.79 Å². The van der Waals surface area contributed by atoms with Gasteiger partial charge in [0.1, 0.15) is 0 Å². The molecule has 0 aliphatic carbocycles. The lowest BCUT2D eigenvalue weighted by molar-refractivity contribution is -0.121. The summed E-state index contributed by atoms with van der Waals surface area (Å²) in [6.07, 6.45) is 0.957. The predicted molar refractivity (Wildman–Crippen MR) is 39.6 cm³/mol. The molecule has 0 radical (unpaired) electrons. The zero-order valence-electron chi connectivity index (χ0n) is 6.55. The van der Waals surface area contributed by atoms with Gasteiger partial charge >= 0.3 is 0 Å². The van der Waals surface area contributed by atoms with E-state index in [1.54, 1.807) is 6.92 Å². The second-order valence-electron chi connectivity index (χ2n) is 2.40. The smallest absolute Gasteiger partial charge is 0.220 e. The normalized spacial score (nSPS) is 12.7. The molecule has 0 spiro atoms. The van der Waals surface area contributed by atoms with Crippen molar-refractivity contribution < 1.29 is 9.90 Å².